The van der Waals surface area contributed by atoms with Crippen LogP contribution in [-0.4, -0.2) is 80.3 Å². The maximum absolute atomic E-state index is 5.02. The molecule has 0 unspecified atom stereocenters. The Balaban J connectivity index is 0.000000159. The van der Waals surface area contributed by atoms with Crippen molar-refractivity contribution in [3.05, 3.63) is 11.6 Å². The van der Waals surface area contributed by atoms with Crippen LogP contribution in [0.5, 0.6) is 0 Å². The molecule has 4 rings (SSSR count). The molecule has 0 spiro atoms. The Kier molecular flexibility index (Phi) is 7.58. The van der Waals surface area contributed by atoms with E-state index in [1.54, 1.807) is 0 Å². The molecule has 2 aliphatic heterocycles. The normalized spacial score (nSPS) is 17.5. The molecular formula is C15H24N8S4. The molecular weight excluding hydrogens is 420 g/mol. The minimum atomic E-state index is 0.683. The molecule has 27 heavy (non-hydrogen) atoms. The lowest BCUT2D eigenvalue weighted by atomic mass is 10.3. The van der Waals surface area contributed by atoms with E-state index >= 15 is 0 Å². The molecule has 0 saturated carbocycles. The zero-order valence-corrected chi connectivity index (χ0v) is 18.8. The van der Waals surface area contributed by atoms with Crippen molar-refractivity contribution in [1.29, 1.82) is 0 Å². The molecule has 0 atom stereocenters. The second-order valence-corrected chi connectivity index (χ2v) is 8.82. The number of hydrogen-bond donors (Lipinski definition) is 2. The van der Waals surface area contributed by atoms with Crippen molar-refractivity contribution in [2.45, 2.75) is 13.8 Å². The predicted molar refractivity (Wildman–Crippen MR) is 120 cm³/mol. The second-order valence-electron chi connectivity index (χ2n) is 6.24. The monoisotopic (exact) mass is 444 g/mol. The smallest absolute Gasteiger partial charge is 0.205 e. The SMILES string of the molecule is Cc1nsc(N2CCN(C(=S)S)CC2)n1.Cc1nsc(N2CCNCC2)n1. The number of nitrogens with zero attached hydrogens (tertiary/aromatic N) is 7. The van der Waals surface area contributed by atoms with Gasteiger partial charge < -0.3 is 20.0 Å². The van der Waals surface area contributed by atoms with Gasteiger partial charge in [0.1, 0.15) is 16.0 Å². The third kappa shape index (κ3) is 5.95. The van der Waals surface area contributed by atoms with Crippen molar-refractivity contribution in [1.82, 2.24) is 28.9 Å². The summed E-state index contributed by atoms with van der Waals surface area (Å²) in [6.07, 6.45) is 0. The van der Waals surface area contributed by atoms with Crippen molar-refractivity contribution in [2.75, 3.05) is 62.2 Å². The van der Waals surface area contributed by atoms with Gasteiger partial charge in [-0.25, -0.2) is 9.97 Å². The summed E-state index contributed by atoms with van der Waals surface area (Å²) in [7, 11) is 0. The van der Waals surface area contributed by atoms with Crippen LogP contribution in [0, 0.1) is 13.8 Å². The highest BCUT2D eigenvalue weighted by atomic mass is 32.1. The van der Waals surface area contributed by atoms with Crippen LogP contribution in [0.25, 0.3) is 0 Å². The number of aryl methyl sites for hydroxylation is 2. The van der Waals surface area contributed by atoms with Crippen molar-refractivity contribution in [3.63, 3.8) is 0 Å². The zero-order valence-electron chi connectivity index (χ0n) is 15.5. The summed E-state index contributed by atoms with van der Waals surface area (Å²) in [5, 5.41) is 5.38. The van der Waals surface area contributed by atoms with Gasteiger partial charge in [0.2, 0.25) is 10.3 Å². The molecule has 12 heteroatoms. The van der Waals surface area contributed by atoms with E-state index in [0.717, 1.165) is 74.3 Å². The third-order valence-corrected chi connectivity index (χ3v) is 6.52. The Labute approximate surface area is 178 Å². The average Bonchev–Trinajstić information content (AvgIpc) is 3.31. The van der Waals surface area contributed by atoms with Gasteiger partial charge in [-0.05, 0) is 13.8 Å². The van der Waals surface area contributed by atoms with Crippen LogP contribution in [0.1, 0.15) is 11.6 Å². The van der Waals surface area contributed by atoms with Crippen LogP contribution in [-0.2, 0) is 0 Å². The fourth-order valence-electron chi connectivity index (χ4n) is 2.77. The van der Waals surface area contributed by atoms with E-state index in [0.29, 0.717) is 4.32 Å². The summed E-state index contributed by atoms with van der Waals surface area (Å²) >= 11 is 12.1. The summed E-state index contributed by atoms with van der Waals surface area (Å²) in [4.78, 5) is 15.3. The van der Waals surface area contributed by atoms with Crippen LogP contribution in [0.4, 0.5) is 10.3 Å². The van der Waals surface area contributed by atoms with E-state index < -0.39 is 0 Å². The standard InChI is InChI=1S/C8H12N4S3.C7H12N4S/c1-6-9-7(15-10-6)11-2-4-12(5-3-11)8(13)14;1-6-9-7(12-10-6)11-4-2-8-3-5-11/h2-5H2,1H3,(H,13,14);8H,2-5H2,1H3. The number of piperazine rings is 2. The summed E-state index contributed by atoms with van der Waals surface area (Å²) in [5.41, 5.74) is 0. The van der Waals surface area contributed by atoms with Crippen LogP contribution in [0.3, 0.4) is 0 Å². The van der Waals surface area contributed by atoms with E-state index in [1.165, 1.54) is 23.1 Å². The highest BCUT2D eigenvalue weighted by Gasteiger charge is 2.19. The predicted octanol–water partition coefficient (Wildman–Crippen LogP) is 1.44. The van der Waals surface area contributed by atoms with Gasteiger partial charge in [0.05, 0.1) is 0 Å². The molecule has 0 aliphatic carbocycles. The van der Waals surface area contributed by atoms with Gasteiger partial charge in [0.15, 0.2) is 0 Å². The van der Waals surface area contributed by atoms with Gasteiger partial charge in [-0.3, -0.25) is 0 Å². The van der Waals surface area contributed by atoms with E-state index in [-0.39, 0.29) is 0 Å². The Morgan fingerprint density at radius 1 is 0.889 bits per heavy atom. The molecule has 148 valence electrons. The molecule has 0 aromatic carbocycles. The molecule has 2 fully saturated rings. The molecule has 0 amide bonds. The average molecular weight is 445 g/mol. The lowest BCUT2D eigenvalue weighted by Gasteiger charge is -2.34. The molecule has 8 nitrogen and oxygen atoms in total. The van der Waals surface area contributed by atoms with Crippen LogP contribution in [0.2, 0.25) is 0 Å². The quantitative estimate of drug-likeness (QED) is 0.529. The molecule has 2 aromatic heterocycles. The van der Waals surface area contributed by atoms with Crippen molar-refractivity contribution >= 4 is 62.5 Å². The minimum Gasteiger partial charge on any atom is -0.354 e. The maximum Gasteiger partial charge on any atom is 0.205 e. The first-order chi connectivity index (χ1) is 13.0. The summed E-state index contributed by atoms with van der Waals surface area (Å²) < 4.78 is 9.02. The Morgan fingerprint density at radius 3 is 1.78 bits per heavy atom. The van der Waals surface area contributed by atoms with Crippen molar-refractivity contribution < 1.29 is 0 Å². The van der Waals surface area contributed by atoms with Crippen molar-refractivity contribution in [3.8, 4) is 0 Å². The number of thiocarbonyl (C=S) groups is 1. The highest BCUT2D eigenvalue weighted by Crippen LogP contribution is 2.19. The molecule has 0 bridgehead atoms. The zero-order chi connectivity index (χ0) is 19.2. The number of thiol groups is 1. The Hall–Kier alpha value is -1.08. The lowest BCUT2D eigenvalue weighted by Crippen LogP contribution is -2.47. The van der Waals surface area contributed by atoms with E-state index in [4.69, 9.17) is 12.2 Å². The van der Waals surface area contributed by atoms with Gasteiger partial charge in [0.25, 0.3) is 0 Å². The minimum absolute atomic E-state index is 0.683. The molecule has 1 N–H and O–H groups in total. The second kappa shape index (κ2) is 9.92. The molecule has 2 aliphatic rings. The van der Waals surface area contributed by atoms with Gasteiger partial charge in [-0.2, -0.15) is 8.75 Å². The van der Waals surface area contributed by atoms with Crippen LogP contribution >= 0.6 is 47.9 Å². The molecule has 4 heterocycles. The van der Waals surface area contributed by atoms with E-state index in [9.17, 15) is 0 Å². The van der Waals surface area contributed by atoms with Gasteiger partial charge in [0, 0.05) is 75.4 Å². The summed E-state index contributed by atoms with van der Waals surface area (Å²) in [6, 6.07) is 0. The fourth-order valence-corrected chi connectivity index (χ4v) is 4.61. The van der Waals surface area contributed by atoms with Crippen LogP contribution in [0.15, 0.2) is 0 Å². The fraction of sp³-hybridized carbons (Fsp3) is 0.667. The van der Waals surface area contributed by atoms with Gasteiger partial charge >= 0.3 is 0 Å². The maximum atomic E-state index is 5.02. The van der Waals surface area contributed by atoms with E-state index in [1.807, 2.05) is 13.8 Å². The lowest BCUT2D eigenvalue weighted by molar-refractivity contribution is 0.397. The Morgan fingerprint density at radius 2 is 1.37 bits per heavy atom. The van der Waals surface area contributed by atoms with Crippen molar-refractivity contribution in [2.24, 2.45) is 0 Å². The highest BCUT2D eigenvalue weighted by molar-refractivity contribution is 8.10. The topological polar surface area (TPSA) is 73.3 Å². The Bertz CT molecular complexity index is 734. The number of nitrogens with one attached hydrogen (secondary N) is 1. The first kappa shape index (κ1) is 20.6. The number of aromatic nitrogens is 4. The summed E-state index contributed by atoms with van der Waals surface area (Å²) in [6.45, 7) is 11.8. The largest absolute Gasteiger partial charge is 0.354 e. The summed E-state index contributed by atoms with van der Waals surface area (Å²) in [5.74, 6) is 1.73. The first-order valence-corrected chi connectivity index (χ1v) is 11.2. The van der Waals surface area contributed by atoms with Crippen LogP contribution < -0.4 is 15.1 Å². The van der Waals surface area contributed by atoms with Gasteiger partial charge in [-0.1, -0.05) is 12.2 Å². The number of rotatable bonds is 2. The van der Waals surface area contributed by atoms with Gasteiger partial charge in [-0.15, -0.1) is 12.6 Å². The third-order valence-electron chi connectivity index (χ3n) is 4.24. The first-order valence-electron chi connectivity index (χ1n) is 8.82. The van der Waals surface area contributed by atoms with E-state index in [2.05, 4.69) is 51.4 Å². The number of anilines is 2. The molecule has 2 aromatic rings. The molecule has 0 radical (unpaired) electrons. The number of hydrogen-bond acceptors (Lipinski definition) is 10. The molecule has 2 saturated heterocycles.